The van der Waals surface area contributed by atoms with E-state index < -0.39 is 0 Å². The van der Waals surface area contributed by atoms with Gasteiger partial charge in [-0.2, -0.15) is 0 Å². The van der Waals surface area contributed by atoms with Crippen molar-refractivity contribution < 1.29 is 9.47 Å². The first kappa shape index (κ1) is 20.2. The molecule has 7 heteroatoms. The largest absolute Gasteiger partial charge is 0.454 e. The summed E-state index contributed by atoms with van der Waals surface area (Å²) < 4.78 is 10.6. The second-order valence-corrected chi connectivity index (χ2v) is 4.13. The molecule has 0 unspecified atom stereocenters. The number of fused-ring (bicyclic) bond motifs is 1. The Morgan fingerprint density at radius 3 is 2.61 bits per heavy atom. The minimum Gasteiger partial charge on any atom is -0.454 e. The highest BCUT2D eigenvalue weighted by Gasteiger charge is 2.15. The topological polar surface area (TPSA) is 119 Å². The summed E-state index contributed by atoms with van der Waals surface area (Å²) in [7, 11) is 1.91. The molecule has 0 fully saturated rings. The van der Waals surface area contributed by atoms with Gasteiger partial charge in [-0.05, 0) is 20.0 Å². The zero-order valence-corrected chi connectivity index (χ0v) is 13.6. The molecule has 0 spiro atoms. The number of rotatable bonds is 4. The molecule has 0 saturated carbocycles. The lowest BCUT2D eigenvalue weighted by Gasteiger charge is -2.03. The third-order valence-corrected chi connectivity index (χ3v) is 2.39. The van der Waals surface area contributed by atoms with Gasteiger partial charge >= 0.3 is 0 Å². The van der Waals surface area contributed by atoms with E-state index in [0.717, 1.165) is 29.9 Å². The van der Waals surface area contributed by atoms with Gasteiger partial charge in [0.2, 0.25) is 6.79 Å². The minimum absolute atomic E-state index is 0.0787. The fourth-order valence-electron chi connectivity index (χ4n) is 1.53. The lowest BCUT2D eigenvalue weighted by atomic mass is 10.2. The first-order valence-corrected chi connectivity index (χ1v) is 6.94. The van der Waals surface area contributed by atoms with Crippen LogP contribution >= 0.6 is 0 Å². The molecule has 0 atom stereocenters. The van der Waals surface area contributed by atoms with Crippen LogP contribution in [0.4, 0.5) is 0 Å². The van der Waals surface area contributed by atoms with Crippen LogP contribution in [-0.4, -0.2) is 26.1 Å². The number of nitrogens with zero attached hydrogens (tertiary/aromatic N) is 1. The number of benzene rings is 1. The van der Waals surface area contributed by atoms with Crippen LogP contribution in [-0.2, 0) is 6.54 Å². The summed E-state index contributed by atoms with van der Waals surface area (Å²) >= 11 is 0. The van der Waals surface area contributed by atoms with Crippen LogP contribution in [0, 0.1) is 5.41 Å². The zero-order valence-electron chi connectivity index (χ0n) is 13.6. The Kier molecular flexibility index (Phi) is 11.3. The predicted octanol–water partition coefficient (Wildman–Crippen LogP) is 1.75. The molecular weight excluding hydrogens is 294 g/mol. The van der Waals surface area contributed by atoms with Gasteiger partial charge in [-0.15, -0.1) is 0 Å². The van der Waals surface area contributed by atoms with Crippen LogP contribution < -0.4 is 26.3 Å². The average molecular weight is 319 g/mol. The van der Waals surface area contributed by atoms with Crippen molar-refractivity contribution in [1.82, 2.24) is 5.32 Å². The number of aliphatic imine (C=N–C) groups is 1. The normalized spacial score (nSPS) is 10.7. The number of hydrogen-bond donors (Lipinski definition) is 4. The van der Waals surface area contributed by atoms with Crippen molar-refractivity contribution in [2.24, 2.45) is 16.5 Å². The Bertz CT molecular complexity index is 537. The van der Waals surface area contributed by atoms with Gasteiger partial charge in [0.15, 0.2) is 17.5 Å². The number of hydrogen-bond acceptors (Lipinski definition) is 4. The third kappa shape index (κ3) is 8.94. The van der Waals surface area contributed by atoms with Gasteiger partial charge in [0.1, 0.15) is 6.34 Å². The summed E-state index contributed by atoms with van der Waals surface area (Å²) in [4.78, 5) is 3.14. The summed E-state index contributed by atoms with van der Waals surface area (Å²) in [5.74, 6) is 1.65. The molecule has 1 aliphatic heterocycles. The number of guanidine groups is 1. The smallest absolute Gasteiger partial charge is 0.231 e. The van der Waals surface area contributed by atoms with E-state index in [0.29, 0.717) is 6.79 Å². The molecule has 0 saturated heterocycles. The van der Waals surface area contributed by atoms with Gasteiger partial charge in [-0.25, -0.2) is 4.99 Å². The molecule has 0 radical (unpaired) electrons. The maximum absolute atomic E-state index is 6.26. The molecule has 126 valence electrons. The fraction of sp³-hybridized carbons (Fsp3) is 0.250. The van der Waals surface area contributed by atoms with Gasteiger partial charge in [-0.1, -0.05) is 36.9 Å². The lowest BCUT2D eigenvalue weighted by molar-refractivity contribution is 0.173. The molecular formula is C16H25N5O2. The molecule has 1 heterocycles. The fourth-order valence-corrected chi connectivity index (χ4v) is 1.53. The molecule has 6 N–H and O–H groups in total. The highest BCUT2D eigenvalue weighted by atomic mass is 16.7. The van der Waals surface area contributed by atoms with E-state index >= 15 is 0 Å². The van der Waals surface area contributed by atoms with Crippen molar-refractivity contribution in [3.05, 3.63) is 48.6 Å². The summed E-state index contributed by atoms with van der Waals surface area (Å²) in [6.07, 6.45) is 6.36. The molecule has 2 rings (SSSR count). The van der Waals surface area contributed by atoms with Crippen molar-refractivity contribution in [3.63, 3.8) is 0 Å². The molecule has 7 nitrogen and oxygen atoms in total. The Morgan fingerprint density at radius 1 is 1.43 bits per heavy atom. The van der Waals surface area contributed by atoms with Crippen LogP contribution in [0.25, 0.3) is 0 Å². The summed E-state index contributed by atoms with van der Waals surface area (Å²) in [6, 6.07) is 5.92. The van der Waals surface area contributed by atoms with Gasteiger partial charge in [0, 0.05) is 12.1 Å². The van der Waals surface area contributed by atoms with E-state index in [-0.39, 0.29) is 5.96 Å². The van der Waals surface area contributed by atoms with Crippen LogP contribution in [0.3, 0.4) is 0 Å². The highest BCUT2D eigenvalue weighted by Crippen LogP contribution is 2.34. The molecule has 0 aliphatic carbocycles. The Labute approximate surface area is 137 Å². The van der Waals surface area contributed by atoms with Gasteiger partial charge in [-0.3, -0.25) is 5.41 Å². The average Bonchev–Trinajstić information content (AvgIpc) is 2.99. The minimum atomic E-state index is -0.0787. The quantitative estimate of drug-likeness (QED) is 0.383. The molecule has 1 aromatic rings. The molecule has 1 aromatic carbocycles. The van der Waals surface area contributed by atoms with Crippen molar-refractivity contribution in [3.8, 4) is 11.5 Å². The van der Waals surface area contributed by atoms with Crippen molar-refractivity contribution in [2.75, 3.05) is 13.8 Å². The van der Waals surface area contributed by atoms with Crippen LogP contribution in [0.15, 0.2) is 48.0 Å². The second kappa shape index (κ2) is 12.9. The van der Waals surface area contributed by atoms with Crippen molar-refractivity contribution in [2.45, 2.75) is 13.5 Å². The zero-order chi connectivity index (χ0) is 17.5. The molecule has 0 amide bonds. The third-order valence-electron chi connectivity index (χ3n) is 2.39. The molecule has 0 bridgehead atoms. The first-order valence-electron chi connectivity index (χ1n) is 6.94. The lowest BCUT2D eigenvalue weighted by Crippen LogP contribution is -2.22. The standard InChI is InChI=1S/C9H11NO2.C5H8.C2H6N4/c1-10-5-7-3-2-4-8-9(7)12-6-11-8;1-3-5-4-2;3-1-6-2(4)5/h2-4,10H,5-6H2,1H3;3-5H,1H2,2H3;1H,(H5,3,4,5,6)/b;5-4-;. The molecule has 1 aliphatic rings. The SMILES string of the molecule is C=C/C=C\C.CNCc1cccc2c1OCO2.N=CN=C(N)N. The van der Waals surface area contributed by atoms with Crippen molar-refractivity contribution in [1.29, 1.82) is 5.41 Å². The van der Waals surface area contributed by atoms with E-state index in [9.17, 15) is 0 Å². The predicted molar refractivity (Wildman–Crippen MR) is 94.9 cm³/mol. The van der Waals surface area contributed by atoms with Gasteiger partial charge in [0.25, 0.3) is 0 Å². The maximum atomic E-state index is 6.26. The first-order chi connectivity index (χ1) is 11.1. The summed E-state index contributed by atoms with van der Waals surface area (Å²) in [6.45, 7) is 6.58. The number of allylic oxidation sites excluding steroid dienone is 3. The number of nitrogens with two attached hydrogens (primary N) is 2. The number of nitrogens with one attached hydrogen (secondary N) is 2. The van der Waals surface area contributed by atoms with Crippen LogP contribution in [0.1, 0.15) is 12.5 Å². The van der Waals surface area contributed by atoms with Crippen LogP contribution in [0.5, 0.6) is 11.5 Å². The van der Waals surface area contributed by atoms with Crippen LogP contribution in [0.2, 0.25) is 0 Å². The summed E-state index contributed by atoms with van der Waals surface area (Å²) in [5, 5.41) is 9.34. The second-order valence-electron chi connectivity index (χ2n) is 4.13. The monoisotopic (exact) mass is 319 g/mol. The molecule has 0 aromatic heterocycles. The van der Waals surface area contributed by atoms with E-state index in [1.54, 1.807) is 6.08 Å². The Hall–Kier alpha value is -2.80. The van der Waals surface area contributed by atoms with E-state index in [2.05, 4.69) is 16.9 Å². The Morgan fingerprint density at radius 2 is 2.17 bits per heavy atom. The molecule has 23 heavy (non-hydrogen) atoms. The maximum Gasteiger partial charge on any atom is 0.231 e. The van der Waals surface area contributed by atoms with Crippen molar-refractivity contribution >= 4 is 12.3 Å². The Balaban J connectivity index is 0.000000374. The van der Waals surface area contributed by atoms with Gasteiger partial charge < -0.3 is 26.3 Å². The van der Waals surface area contributed by atoms with E-state index in [4.69, 9.17) is 26.4 Å². The number of ether oxygens (including phenoxy) is 2. The number of para-hydroxylation sites is 1. The van der Waals surface area contributed by atoms with E-state index in [1.807, 2.05) is 44.3 Å². The highest BCUT2D eigenvalue weighted by molar-refractivity contribution is 5.83. The van der Waals surface area contributed by atoms with E-state index in [1.165, 1.54) is 0 Å². The van der Waals surface area contributed by atoms with Gasteiger partial charge in [0.05, 0.1) is 0 Å². The summed E-state index contributed by atoms with van der Waals surface area (Å²) in [5.41, 5.74) is 10.7.